The van der Waals surface area contributed by atoms with E-state index in [1.54, 1.807) is 36.7 Å². The molecular formula is C31H32F3N7O4. The van der Waals surface area contributed by atoms with Crippen LogP contribution in [0.2, 0.25) is 0 Å². The van der Waals surface area contributed by atoms with Gasteiger partial charge in [0.25, 0.3) is 5.91 Å². The van der Waals surface area contributed by atoms with E-state index in [0.717, 1.165) is 37.7 Å². The first kappa shape index (κ1) is 30.5. The lowest BCUT2D eigenvalue weighted by Gasteiger charge is -2.42. The van der Waals surface area contributed by atoms with E-state index >= 15 is 0 Å². The molecule has 1 saturated carbocycles. The topological polar surface area (TPSA) is 148 Å². The summed E-state index contributed by atoms with van der Waals surface area (Å²) in [5.74, 6) is -0.677. The summed E-state index contributed by atoms with van der Waals surface area (Å²) in [4.78, 5) is 39.9. The van der Waals surface area contributed by atoms with Gasteiger partial charge in [0.15, 0.2) is 0 Å². The first-order chi connectivity index (χ1) is 21.4. The fourth-order valence-corrected chi connectivity index (χ4v) is 6.13. The van der Waals surface area contributed by atoms with Crippen LogP contribution < -0.4 is 11.1 Å². The van der Waals surface area contributed by atoms with Gasteiger partial charge in [0.1, 0.15) is 34.8 Å². The number of carboxylic acids is 1. The zero-order valence-corrected chi connectivity index (χ0v) is 24.4. The lowest BCUT2D eigenvalue weighted by Crippen LogP contribution is -2.48. The molecular weight excluding hydrogens is 591 g/mol. The van der Waals surface area contributed by atoms with Gasteiger partial charge in [0.2, 0.25) is 0 Å². The Morgan fingerprint density at radius 2 is 1.84 bits per heavy atom. The molecule has 1 atom stereocenters. The third kappa shape index (κ3) is 6.07. The SMILES string of the molecule is CC1(C(=O)O)CCC(N2CCO[C@@H](c3nc(-c4ccc(C(=O)Nc5cc(C(F)(F)F)ccn5)cc4)c4c(N)nccn34)C2)CC1. The number of imidazole rings is 1. The number of benzene rings is 1. The standard InChI is InChI=1S/C31H32F3N7O4/c1-30(29(43)44)9-6-21(7-10-30)40-14-15-45-22(17-40)27-39-24(25-26(35)37-12-13-41(25)27)18-2-4-19(5-3-18)28(42)38-23-16-20(8-11-36-23)31(32,33)34/h2-5,8,11-13,16,21-22H,6-7,9-10,14-15,17H2,1H3,(H2,35,37)(H,43,44)(H,36,38,42)/t21?,22-,30?/m1/s1. The molecule has 4 aromatic rings. The summed E-state index contributed by atoms with van der Waals surface area (Å²) in [6.07, 6.45) is 2.24. The van der Waals surface area contributed by atoms with Crippen LogP contribution in [0.15, 0.2) is 55.0 Å². The first-order valence-corrected chi connectivity index (χ1v) is 14.6. The molecule has 2 aliphatic rings. The Kier molecular flexibility index (Phi) is 7.95. The average Bonchev–Trinajstić information content (AvgIpc) is 3.42. The minimum Gasteiger partial charge on any atom is -0.481 e. The number of alkyl halides is 3. The van der Waals surface area contributed by atoms with Gasteiger partial charge in [-0.3, -0.25) is 18.9 Å². The van der Waals surface area contributed by atoms with Crippen molar-refractivity contribution in [3.05, 3.63) is 71.9 Å². The quantitative estimate of drug-likeness (QED) is 0.268. The van der Waals surface area contributed by atoms with Crippen molar-refractivity contribution in [1.82, 2.24) is 24.3 Å². The molecule has 236 valence electrons. The monoisotopic (exact) mass is 623 g/mol. The number of rotatable bonds is 6. The van der Waals surface area contributed by atoms with Crippen LogP contribution in [0.3, 0.4) is 0 Å². The highest BCUT2D eigenvalue weighted by molar-refractivity contribution is 6.04. The summed E-state index contributed by atoms with van der Waals surface area (Å²) in [5, 5.41) is 12.0. The van der Waals surface area contributed by atoms with Crippen LogP contribution in [0.25, 0.3) is 16.8 Å². The highest BCUT2D eigenvalue weighted by Crippen LogP contribution is 2.39. The summed E-state index contributed by atoms with van der Waals surface area (Å²) in [6, 6.07) is 8.31. The molecule has 1 aromatic carbocycles. The molecule has 1 saturated heterocycles. The van der Waals surface area contributed by atoms with Gasteiger partial charge < -0.3 is 20.9 Å². The summed E-state index contributed by atoms with van der Waals surface area (Å²) in [7, 11) is 0. The Morgan fingerprint density at radius 1 is 1.11 bits per heavy atom. The van der Waals surface area contributed by atoms with Crippen molar-refractivity contribution < 1.29 is 32.6 Å². The first-order valence-electron chi connectivity index (χ1n) is 14.6. The Bertz CT molecular complexity index is 1730. The van der Waals surface area contributed by atoms with Gasteiger partial charge >= 0.3 is 12.1 Å². The van der Waals surface area contributed by atoms with E-state index in [-0.39, 0.29) is 29.3 Å². The Morgan fingerprint density at radius 3 is 2.53 bits per heavy atom. The minimum absolute atomic E-state index is 0.213. The molecule has 6 rings (SSSR count). The van der Waals surface area contributed by atoms with Gasteiger partial charge in [-0.1, -0.05) is 12.1 Å². The second-order valence-corrected chi connectivity index (χ2v) is 11.8. The number of carbonyl (C=O) groups excluding carboxylic acids is 1. The number of aromatic nitrogens is 4. The number of fused-ring (bicyclic) bond motifs is 1. The van der Waals surface area contributed by atoms with E-state index in [4.69, 9.17) is 15.5 Å². The van der Waals surface area contributed by atoms with E-state index in [1.165, 1.54) is 0 Å². The van der Waals surface area contributed by atoms with Gasteiger partial charge in [-0.05, 0) is 56.9 Å². The highest BCUT2D eigenvalue weighted by Gasteiger charge is 2.40. The third-order valence-electron chi connectivity index (χ3n) is 8.84. The largest absolute Gasteiger partial charge is 0.481 e. The number of halogens is 3. The van der Waals surface area contributed by atoms with Crippen LogP contribution in [0, 0.1) is 5.41 Å². The number of amides is 1. The molecule has 11 nitrogen and oxygen atoms in total. The molecule has 2 fully saturated rings. The van der Waals surface area contributed by atoms with Crippen molar-refractivity contribution in [3.63, 3.8) is 0 Å². The molecule has 14 heteroatoms. The number of hydrogen-bond donors (Lipinski definition) is 3. The number of carboxylic acid groups (broad SMARTS) is 1. The smallest absolute Gasteiger partial charge is 0.416 e. The summed E-state index contributed by atoms with van der Waals surface area (Å²) in [5.41, 5.74) is 6.70. The van der Waals surface area contributed by atoms with Crippen LogP contribution in [0.5, 0.6) is 0 Å². The number of ether oxygens (including phenoxy) is 1. The van der Waals surface area contributed by atoms with Gasteiger partial charge in [-0.25, -0.2) is 15.0 Å². The Balaban J connectivity index is 1.22. The maximum atomic E-state index is 13.1. The molecule has 0 unspecified atom stereocenters. The molecule has 1 aliphatic heterocycles. The number of carbonyl (C=O) groups is 2. The molecule has 0 radical (unpaired) electrons. The molecule has 1 aliphatic carbocycles. The zero-order chi connectivity index (χ0) is 31.9. The van der Waals surface area contributed by atoms with Crippen LogP contribution in [0.4, 0.5) is 24.8 Å². The lowest BCUT2D eigenvalue weighted by atomic mass is 9.73. The molecule has 3 aromatic heterocycles. The summed E-state index contributed by atoms with van der Waals surface area (Å²) in [6.45, 7) is 3.63. The molecule has 0 spiro atoms. The number of nitrogens with zero attached hydrogens (tertiary/aromatic N) is 5. The van der Waals surface area contributed by atoms with Gasteiger partial charge in [-0.2, -0.15) is 13.2 Å². The van der Waals surface area contributed by atoms with Gasteiger partial charge in [0.05, 0.1) is 17.6 Å². The van der Waals surface area contributed by atoms with E-state index < -0.39 is 29.0 Å². The predicted molar refractivity (Wildman–Crippen MR) is 158 cm³/mol. The van der Waals surface area contributed by atoms with Crippen molar-refractivity contribution in [3.8, 4) is 11.3 Å². The molecule has 1 amide bonds. The molecule has 0 bridgehead atoms. The average molecular weight is 624 g/mol. The van der Waals surface area contributed by atoms with Crippen molar-refractivity contribution in [1.29, 1.82) is 0 Å². The maximum absolute atomic E-state index is 13.1. The van der Waals surface area contributed by atoms with Gasteiger partial charge in [0, 0.05) is 48.8 Å². The van der Waals surface area contributed by atoms with E-state index in [1.807, 2.05) is 11.3 Å². The third-order valence-corrected chi connectivity index (χ3v) is 8.84. The number of nitrogen functional groups attached to an aromatic ring is 1. The summed E-state index contributed by atoms with van der Waals surface area (Å²) >= 11 is 0. The number of hydrogen-bond acceptors (Lipinski definition) is 8. The molecule has 45 heavy (non-hydrogen) atoms. The number of anilines is 2. The van der Waals surface area contributed by atoms with Crippen LogP contribution >= 0.6 is 0 Å². The fraction of sp³-hybridized carbons (Fsp3) is 0.387. The van der Waals surface area contributed by atoms with Crippen molar-refractivity contribution in [2.45, 2.75) is 50.9 Å². The Labute approximate surface area is 256 Å². The fourth-order valence-electron chi connectivity index (χ4n) is 6.13. The van der Waals surface area contributed by atoms with E-state index in [0.29, 0.717) is 48.6 Å². The zero-order valence-electron chi connectivity index (χ0n) is 24.4. The molecule has 4 N–H and O–H groups in total. The number of nitrogens with one attached hydrogen (secondary N) is 1. The lowest BCUT2D eigenvalue weighted by molar-refractivity contribution is -0.151. The summed E-state index contributed by atoms with van der Waals surface area (Å²) < 4.78 is 47.2. The van der Waals surface area contributed by atoms with Crippen molar-refractivity contribution >= 4 is 29.0 Å². The minimum atomic E-state index is -4.56. The second-order valence-electron chi connectivity index (χ2n) is 11.8. The number of morpholine rings is 1. The second kappa shape index (κ2) is 11.7. The number of pyridine rings is 1. The van der Waals surface area contributed by atoms with Crippen LogP contribution in [-0.2, 0) is 15.7 Å². The Hall–Kier alpha value is -4.56. The van der Waals surface area contributed by atoms with E-state index in [9.17, 15) is 27.9 Å². The highest BCUT2D eigenvalue weighted by atomic mass is 19.4. The number of nitrogens with two attached hydrogens (primary N) is 1. The van der Waals surface area contributed by atoms with E-state index in [2.05, 4.69) is 20.2 Å². The van der Waals surface area contributed by atoms with Gasteiger partial charge in [-0.15, -0.1) is 0 Å². The maximum Gasteiger partial charge on any atom is 0.416 e. The molecule has 4 heterocycles. The predicted octanol–water partition coefficient (Wildman–Crippen LogP) is 5.05. The van der Waals surface area contributed by atoms with Crippen molar-refractivity contribution in [2.75, 3.05) is 30.7 Å². The van der Waals surface area contributed by atoms with Crippen LogP contribution in [-0.4, -0.2) is 67.0 Å². The van der Waals surface area contributed by atoms with Crippen molar-refractivity contribution in [2.24, 2.45) is 5.41 Å². The normalized spacial score (nSPS) is 22.8. The number of aliphatic carboxylic acids is 1. The van der Waals surface area contributed by atoms with Crippen LogP contribution in [0.1, 0.15) is 60.5 Å².